The van der Waals surface area contributed by atoms with Crippen LogP contribution in [0.3, 0.4) is 0 Å². The zero-order valence-electron chi connectivity index (χ0n) is 22.1. The fourth-order valence-electron chi connectivity index (χ4n) is 5.45. The Labute approximate surface area is 237 Å². The van der Waals surface area contributed by atoms with Gasteiger partial charge in [0.1, 0.15) is 5.82 Å². The van der Waals surface area contributed by atoms with Gasteiger partial charge < -0.3 is 15.4 Å². The Balaban J connectivity index is 0.00000462. The molecule has 0 saturated carbocycles. The van der Waals surface area contributed by atoms with Crippen molar-refractivity contribution >= 4 is 24.2 Å². The molecule has 1 unspecified atom stereocenters. The highest BCUT2D eigenvalue weighted by molar-refractivity contribution is 5.85. The summed E-state index contributed by atoms with van der Waals surface area (Å²) < 4.78 is 100. The molecule has 4 rings (SSSR count). The molecule has 2 heterocycles. The second-order valence-corrected chi connectivity index (χ2v) is 10.7. The highest BCUT2D eigenvalue weighted by atomic mass is 35.5. The lowest BCUT2D eigenvalue weighted by atomic mass is 9.85. The van der Waals surface area contributed by atoms with Crippen molar-refractivity contribution in [2.24, 2.45) is 5.73 Å². The third-order valence-electron chi connectivity index (χ3n) is 7.51. The molecule has 226 valence electrons. The fourth-order valence-corrected chi connectivity index (χ4v) is 5.45. The van der Waals surface area contributed by atoms with Gasteiger partial charge in [0, 0.05) is 24.9 Å². The van der Waals surface area contributed by atoms with E-state index in [2.05, 4.69) is 5.32 Å². The lowest BCUT2D eigenvalue weighted by molar-refractivity contribution is -0.143. The lowest BCUT2D eigenvalue weighted by Crippen LogP contribution is -2.57. The Kier molecular flexibility index (Phi) is 9.07. The van der Waals surface area contributed by atoms with E-state index < -0.39 is 71.0 Å². The van der Waals surface area contributed by atoms with Gasteiger partial charge in [-0.25, -0.2) is 4.39 Å². The minimum atomic E-state index is -5.03. The van der Waals surface area contributed by atoms with Crippen LogP contribution in [-0.2, 0) is 26.7 Å². The number of benzene rings is 2. The van der Waals surface area contributed by atoms with Gasteiger partial charge in [0.15, 0.2) is 0 Å². The monoisotopic (exact) mass is 611 g/mol. The van der Waals surface area contributed by atoms with E-state index in [0.717, 1.165) is 0 Å². The van der Waals surface area contributed by atoms with Gasteiger partial charge in [-0.3, -0.25) is 14.9 Å². The largest absolute Gasteiger partial charge is 0.416 e. The molecule has 0 aromatic heterocycles. The minimum absolute atomic E-state index is 0. The molecule has 0 spiro atoms. The van der Waals surface area contributed by atoms with Crippen LogP contribution in [0.15, 0.2) is 42.5 Å². The Morgan fingerprint density at radius 3 is 2.05 bits per heavy atom. The van der Waals surface area contributed by atoms with Crippen LogP contribution in [0, 0.1) is 5.82 Å². The fraction of sp³-hybridized carbons (Fsp3) is 0.481. The summed E-state index contributed by atoms with van der Waals surface area (Å²) in [6.45, 7) is 4.41. The third-order valence-corrected chi connectivity index (χ3v) is 7.51. The number of amides is 2. The highest BCUT2D eigenvalue weighted by Gasteiger charge is 2.55. The second kappa shape index (κ2) is 11.4. The van der Waals surface area contributed by atoms with Crippen molar-refractivity contribution in [1.82, 2.24) is 10.2 Å². The predicted octanol–water partition coefficient (Wildman–Crippen LogP) is 5.35. The maximum Gasteiger partial charge on any atom is 0.416 e. The molecule has 0 aliphatic carbocycles. The number of nitrogens with two attached hydrogens (primary N) is 1. The summed E-state index contributed by atoms with van der Waals surface area (Å²) in [7, 11) is 0. The van der Waals surface area contributed by atoms with Crippen molar-refractivity contribution in [1.29, 1.82) is 0 Å². The molecule has 2 saturated heterocycles. The van der Waals surface area contributed by atoms with E-state index in [1.165, 1.54) is 36.1 Å². The van der Waals surface area contributed by atoms with Crippen LogP contribution in [0.1, 0.15) is 61.5 Å². The Morgan fingerprint density at radius 1 is 1.02 bits per heavy atom. The molecule has 2 amide bonds. The smallest absolute Gasteiger partial charge is 0.368 e. The number of rotatable bonds is 7. The number of fused-ring (bicyclic) bond motifs is 1. The number of ether oxygens (including phenoxy) is 1. The van der Waals surface area contributed by atoms with E-state index in [1.54, 1.807) is 13.8 Å². The van der Waals surface area contributed by atoms with Gasteiger partial charge in [-0.1, -0.05) is 12.1 Å². The van der Waals surface area contributed by atoms with E-state index in [9.17, 15) is 40.3 Å². The SMILES string of the molecule is C[C@@H](O[C@H]1CN2C(=O)CC(NC(C)(C)C(N)=O)[C@H]2[C@@H]1c1ccc(F)cc1)c1cc(C(F)(F)F)cc(C(F)(F)F)c1.Cl. The molecule has 2 aromatic carbocycles. The lowest BCUT2D eigenvalue weighted by Gasteiger charge is -2.34. The molecule has 3 N–H and O–H groups in total. The standard InChI is InChI=1S/C27H28F7N3O3.ClH/c1-13(15-8-16(26(29,30)31)10-17(9-15)27(32,33)34)40-20-12-37-21(38)11-19(36-25(2,3)24(35)39)23(37)22(20)14-4-6-18(28)7-5-14;/h4-10,13,19-20,22-23,36H,11-12H2,1-3H3,(H2,35,39);1H/t13-,19?,20+,22-,23+;/m1./s1. The summed E-state index contributed by atoms with van der Waals surface area (Å²) in [5.41, 5.74) is 1.56. The average molecular weight is 612 g/mol. The van der Waals surface area contributed by atoms with Crippen LogP contribution >= 0.6 is 12.4 Å². The first-order valence-corrected chi connectivity index (χ1v) is 12.5. The molecule has 0 radical (unpaired) electrons. The maximum atomic E-state index is 13.7. The Bertz CT molecular complexity index is 1250. The first kappa shape index (κ1) is 32.6. The van der Waals surface area contributed by atoms with Crippen LogP contribution in [0.5, 0.6) is 0 Å². The average Bonchev–Trinajstić information content (AvgIpc) is 3.34. The van der Waals surface area contributed by atoms with Crippen LogP contribution in [0.2, 0.25) is 0 Å². The van der Waals surface area contributed by atoms with Gasteiger partial charge in [0.25, 0.3) is 0 Å². The number of hydrogen-bond donors (Lipinski definition) is 2. The number of primary amides is 1. The first-order chi connectivity index (χ1) is 18.4. The van der Waals surface area contributed by atoms with Gasteiger partial charge in [-0.2, -0.15) is 26.3 Å². The van der Waals surface area contributed by atoms with Gasteiger partial charge >= 0.3 is 12.4 Å². The van der Waals surface area contributed by atoms with Gasteiger partial charge in [0.05, 0.1) is 34.9 Å². The van der Waals surface area contributed by atoms with Crippen molar-refractivity contribution in [2.45, 2.75) is 75.3 Å². The first-order valence-electron chi connectivity index (χ1n) is 12.5. The molecule has 14 heteroatoms. The molecule has 2 aliphatic heterocycles. The maximum absolute atomic E-state index is 13.7. The summed E-state index contributed by atoms with van der Waals surface area (Å²) in [6, 6.07) is 5.41. The molecule has 5 atom stereocenters. The zero-order chi connectivity index (χ0) is 29.8. The van der Waals surface area contributed by atoms with Crippen LogP contribution in [-0.4, -0.2) is 47.0 Å². The summed E-state index contributed by atoms with van der Waals surface area (Å²) in [6.07, 6.45) is -12.1. The van der Waals surface area contributed by atoms with Crippen molar-refractivity contribution in [3.8, 4) is 0 Å². The van der Waals surface area contributed by atoms with Crippen LogP contribution < -0.4 is 11.1 Å². The Hall–Kier alpha value is -2.90. The second-order valence-electron chi connectivity index (χ2n) is 10.7. The number of hydrogen-bond acceptors (Lipinski definition) is 4. The van der Waals surface area contributed by atoms with Crippen molar-refractivity contribution < 1.29 is 45.1 Å². The number of carbonyl (C=O) groups excluding carboxylic acids is 2. The van der Waals surface area contributed by atoms with Crippen molar-refractivity contribution in [2.75, 3.05) is 6.54 Å². The number of carbonyl (C=O) groups is 2. The molecule has 2 fully saturated rings. The Morgan fingerprint density at radius 2 is 1.56 bits per heavy atom. The predicted molar refractivity (Wildman–Crippen MR) is 136 cm³/mol. The molecular formula is C27H29ClF7N3O3. The van der Waals surface area contributed by atoms with Crippen LogP contribution in [0.25, 0.3) is 0 Å². The number of halogens is 8. The number of alkyl halides is 6. The molecule has 2 aromatic rings. The third kappa shape index (κ3) is 6.78. The normalized spacial score (nSPS) is 23.8. The minimum Gasteiger partial charge on any atom is -0.368 e. The van der Waals surface area contributed by atoms with E-state index in [1.807, 2.05) is 0 Å². The van der Waals surface area contributed by atoms with Crippen molar-refractivity contribution in [3.05, 3.63) is 70.5 Å². The number of nitrogens with one attached hydrogen (secondary N) is 1. The molecule has 41 heavy (non-hydrogen) atoms. The quantitative estimate of drug-likeness (QED) is 0.414. The van der Waals surface area contributed by atoms with Crippen LogP contribution in [0.4, 0.5) is 30.7 Å². The topological polar surface area (TPSA) is 84.7 Å². The summed E-state index contributed by atoms with van der Waals surface area (Å²) >= 11 is 0. The number of nitrogens with zero attached hydrogens (tertiary/aromatic N) is 1. The summed E-state index contributed by atoms with van der Waals surface area (Å²) in [5, 5.41) is 3.10. The van der Waals surface area contributed by atoms with Gasteiger partial charge in [-0.05, 0) is 62.2 Å². The van der Waals surface area contributed by atoms with Gasteiger partial charge in [0.2, 0.25) is 11.8 Å². The zero-order valence-corrected chi connectivity index (χ0v) is 23.0. The molecule has 0 bridgehead atoms. The van der Waals surface area contributed by atoms with Gasteiger partial charge in [-0.15, -0.1) is 12.4 Å². The molecular weight excluding hydrogens is 583 g/mol. The summed E-state index contributed by atoms with van der Waals surface area (Å²) in [4.78, 5) is 26.4. The van der Waals surface area contributed by atoms with E-state index in [-0.39, 0.29) is 42.9 Å². The van der Waals surface area contributed by atoms with Crippen molar-refractivity contribution in [3.63, 3.8) is 0 Å². The highest BCUT2D eigenvalue weighted by Crippen LogP contribution is 2.45. The van der Waals surface area contributed by atoms with E-state index in [4.69, 9.17) is 10.5 Å². The van der Waals surface area contributed by atoms with E-state index in [0.29, 0.717) is 17.7 Å². The van der Waals surface area contributed by atoms with E-state index >= 15 is 0 Å². The summed E-state index contributed by atoms with van der Waals surface area (Å²) in [5.74, 6) is -2.13. The molecule has 2 aliphatic rings. The molecule has 6 nitrogen and oxygen atoms in total.